The monoisotopic (exact) mass is 308 g/mol. The summed E-state index contributed by atoms with van der Waals surface area (Å²) in [5.41, 5.74) is 1.80. The topological polar surface area (TPSA) is 43.2 Å². The van der Waals surface area contributed by atoms with Crippen LogP contribution in [-0.4, -0.2) is 52.1 Å². The number of methoxy groups -OCH3 is 1. The zero-order valence-corrected chi connectivity index (χ0v) is 13.3. The molecule has 0 amide bonds. The average molecular weight is 309 g/mol. The molecule has 1 aliphatic carbocycles. The average Bonchev–Trinajstić information content (AvgIpc) is 3.28. The van der Waals surface area contributed by atoms with Crippen molar-refractivity contribution in [2.45, 2.75) is 31.8 Å². The molecule has 0 aromatic carbocycles. The van der Waals surface area contributed by atoms with Crippen molar-refractivity contribution in [3.05, 3.63) is 18.0 Å². The second kappa shape index (κ2) is 6.20. The largest absolute Gasteiger partial charge is 0.481 e. The second-order valence-electron chi connectivity index (χ2n) is 5.53. The van der Waals surface area contributed by atoms with E-state index in [4.69, 9.17) is 16.3 Å². The zero-order valence-electron chi connectivity index (χ0n) is 12.5. The van der Waals surface area contributed by atoms with E-state index in [1.807, 2.05) is 12.1 Å². The molecule has 0 saturated heterocycles. The molecule has 2 aromatic rings. The molecule has 1 aliphatic rings. The molecule has 0 N–H and O–H groups in total. The molecule has 3 rings (SSSR count). The van der Waals surface area contributed by atoms with Crippen LogP contribution in [0, 0.1) is 0 Å². The molecule has 0 radical (unpaired) electrons. The van der Waals surface area contributed by atoms with E-state index in [1.54, 1.807) is 7.11 Å². The molecule has 0 unspecified atom stereocenters. The number of imidazole rings is 1. The first-order valence-corrected chi connectivity index (χ1v) is 7.92. The van der Waals surface area contributed by atoms with Crippen molar-refractivity contribution >= 4 is 22.8 Å². The van der Waals surface area contributed by atoms with E-state index < -0.39 is 0 Å². The zero-order chi connectivity index (χ0) is 14.8. The number of alkyl halides is 1. The predicted molar refractivity (Wildman–Crippen MR) is 84.2 cm³/mol. The van der Waals surface area contributed by atoms with Crippen molar-refractivity contribution in [2.24, 2.45) is 0 Å². The Morgan fingerprint density at radius 1 is 1.38 bits per heavy atom. The van der Waals surface area contributed by atoms with Crippen LogP contribution in [0.25, 0.3) is 11.2 Å². The van der Waals surface area contributed by atoms with E-state index in [0.29, 0.717) is 11.8 Å². The highest BCUT2D eigenvalue weighted by atomic mass is 35.5. The number of hydrogen-bond donors (Lipinski definition) is 0. The third-order valence-corrected chi connectivity index (χ3v) is 4.21. The predicted octanol–water partition coefficient (Wildman–Crippen LogP) is 2.32. The number of aromatic nitrogens is 3. The van der Waals surface area contributed by atoms with Crippen LogP contribution in [0.4, 0.5) is 0 Å². The summed E-state index contributed by atoms with van der Waals surface area (Å²) < 4.78 is 7.41. The smallest absolute Gasteiger partial charge is 0.215 e. The van der Waals surface area contributed by atoms with Gasteiger partial charge in [0.05, 0.1) is 7.11 Å². The number of pyridine rings is 1. The molecule has 1 fully saturated rings. The fourth-order valence-electron chi connectivity index (χ4n) is 2.61. The number of halogens is 1. The lowest BCUT2D eigenvalue weighted by molar-refractivity contribution is 0.309. The minimum Gasteiger partial charge on any atom is -0.481 e. The summed E-state index contributed by atoms with van der Waals surface area (Å²) in [5, 5.41) is 0. The lowest BCUT2D eigenvalue weighted by Crippen LogP contribution is -2.26. The van der Waals surface area contributed by atoms with Gasteiger partial charge in [0.15, 0.2) is 5.65 Å². The first-order chi connectivity index (χ1) is 10.2. The third-order valence-electron chi connectivity index (χ3n) is 4.02. The Labute approximate surface area is 129 Å². The molecule has 0 spiro atoms. The number of rotatable bonds is 7. The summed E-state index contributed by atoms with van der Waals surface area (Å²) in [4.78, 5) is 11.6. The molecule has 2 aromatic heterocycles. The van der Waals surface area contributed by atoms with Gasteiger partial charge in [0.1, 0.15) is 11.3 Å². The van der Waals surface area contributed by atoms with E-state index in [1.165, 1.54) is 12.8 Å². The summed E-state index contributed by atoms with van der Waals surface area (Å²) in [7, 11) is 3.82. The number of aryl methyl sites for hydroxylation is 1. The molecular weight excluding hydrogens is 288 g/mol. The standard InChI is InChI=1S/C15H21ClN4O/c1-19(11-3-4-11)9-10-20-13(7-8-16)17-12-5-6-14(21-2)18-15(12)20/h5-6,11H,3-4,7-10H2,1-2H3. The normalized spacial score (nSPS) is 15.0. The van der Waals surface area contributed by atoms with Crippen LogP contribution in [0.1, 0.15) is 18.7 Å². The molecule has 21 heavy (non-hydrogen) atoms. The van der Waals surface area contributed by atoms with Crippen LogP contribution < -0.4 is 4.74 Å². The molecule has 5 nitrogen and oxygen atoms in total. The van der Waals surface area contributed by atoms with Crippen molar-refractivity contribution in [1.82, 2.24) is 19.4 Å². The fraction of sp³-hybridized carbons (Fsp3) is 0.600. The lowest BCUT2D eigenvalue weighted by Gasteiger charge is -2.17. The van der Waals surface area contributed by atoms with Gasteiger partial charge in [0, 0.05) is 37.5 Å². The van der Waals surface area contributed by atoms with E-state index in [0.717, 1.165) is 42.5 Å². The van der Waals surface area contributed by atoms with Gasteiger partial charge in [0.2, 0.25) is 5.88 Å². The minimum absolute atomic E-state index is 0.568. The highest BCUT2D eigenvalue weighted by Crippen LogP contribution is 2.25. The van der Waals surface area contributed by atoms with Crippen LogP contribution in [0.15, 0.2) is 12.1 Å². The van der Waals surface area contributed by atoms with E-state index in [2.05, 4.69) is 26.5 Å². The SMILES string of the molecule is COc1ccc2nc(CCCl)n(CCN(C)C3CC3)c2n1. The van der Waals surface area contributed by atoms with E-state index in [9.17, 15) is 0 Å². The van der Waals surface area contributed by atoms with Crippen LogP contribution >= 0.6 is 11.6 Å². The van der Waals surface area contributed by atoms with Crippen LogP contribution in [0.5, 0.6) is 5.88 Å². The van der Waals surface area contributed by atoms with Crippen molar-refractivity contribution in [3.8, 4) is 5.88 Å². The van der Waals surface area contributed by atoms with Gasteiger partial charge in [-0.05, 0) is 26.0 Å². The lowest BCUT2D eigenvalue weighted by atomic mass is 10.4. The highest BCUT2D eigenvalue weighted by Gasteiger charge is 2.26. The second-order valence-corrected chi connectivity index (χ2v) is 5.90. The van der Waals surface area contributed by atoms with Crippen LogP contribution in [0.2, 0.25) is 0 Å². The molecule has 0 atom stereocenters. The quantitative estimate of drug-likeness (QED) is 0.736. The van der Waals surface area contributed by atoms with Crippen molar-refractivity contribution in [2.75, 3.05) is 26.6 Å². The molecule has 2 heterocycles. The Morgan fingerprint density at radius 3 is 2.86 bits per heavy atom. The summed E-state index contributed by atoms with van der Waals surface area (Å²) in [6.07, 6.45) is 3.40. The fourth-order valence-corrected chi connectivity index (χ4v) is 2.78. The molecular formula is C15H21ClN4O. The maximum atomic E-state index is 5.91. The number of ether oxygens (including phenoxy) is 1. The van der Waals surface area contributed by atoms with Gasteiger partial charge in [-0.3, -0.25) is 0 Å². The van der Waals surface area contributed by atoms with E-state index >= 15 is 0 Å². The molecule has 6 heteroatoms. The Balaban J connectivity index is 1.89. The maximum Gasteiger partial charge on any atom is 0.215 e. The Morgan fingerprint density at radius 2 is 2.19 bits per heavy atom. The van der Waals surface area contributed by atoms with Gasteiger partial charge >= 0.3 is 0 Å². The third kappa shape index (κ3) is 3.14. The van der Waals surface area contributed by atoms with Crippen molar-refractivity contribution in [1.29, 1.82) is 0 Å². The summed E-state index contributed by atoms with van der Waals surface area (Å²) >= 11 is 5.91. The maximum absolute atomic E-state index is 5.91. The van der Waals surface area contributed by atoms with Gasteiger partial charge in [-0.1, -0.05) is 0 Å². The Bertz CT molecular complexity index is 623. The molecule has 1 saturated carbocycles. The number of likely N-dealkylation sites (N-methyl/N-ethyl adjacent to an activating group) is 1. The number of hydrogen-bond acceptors (Lipinski definition) is 4. The van der Waals surface area contributed by atoms with Crippen molar-refractivity contribution in [3.63, 3.8) is 0 Å². The van der Waals surface area contributed by atoms with Gasteiger partial charge in [-0.25, -0.2) is 4.98 Å². The highest BCUT2D eigenvalue weighted by molar-refractivity contribution is 6.17. The Kier molecular flexibility index (Phi) is 4.31. The van der Waals surface area contributed by atoms with Gasteiger partial charge in [-0.15, -0.1) is 11.6 Å². The minimum atomic E-state index is 0.568. The van der Waals surface area contributed by atoms with Crippen molar-refractivity contribution < 1.29 is 4.74 Å². The van der Waals surface area contributed by atoms with E-state index in [-0.39, 0.29) is 0 Å². The van der Waals surface area contributed by atoms with Gasteiger partial charge in [-0.2, -0.15) is 4.98 Å². The first kappa shape index (κ1) is 14.6. The first-order valence-electron chi connectivity index (χ1n) is 7.39. The summed E-state index contributed by atoms with van der Waals surface area (Å²) in [5.74, 6) is 2.19. The van der Waals surface area contributed by atoms with Crippen LogP contribution in [0.3, 0.4) is 0 Å². The molecule has 0 aliphatic heterocycles. The molecule has 114 valence electrons. The Hall–Kier alpha value is -1.33. The van der Waals surface area contributed by atoms with Crippen LogP contribution in [-0.2, 0) is 13.0 Å². The number of fused-ring (bicyclic) bond motifs is 1. The summed E-state index contributed by atoms with van der Waals surface area (Å²) in [6.45, 7) is 1.89. The molecule has 0 bridgehead atoms. The summed E-state index contributed by atoms with van der Waals surface area (Å²) in [6, 6.07) is 4.57. The van der Waals surface area contributed by atoms with Gasteiger partial charge < -0.3 is 14.2 Å². The number of nitrogens with zero attached hydrogens (tertiary/aromatic N) is 4. The van der Waals surface area contributed by atoms with Gasteiger partial charge in [0.25, 0.3) is 0 Å².